The van der Waals surface area contributed by atoms with E-state index in [2.05, 4.69) is 31.4 Å². The number of hydrogen-bond donors (Lipinski definition) is 1. The molecule has 0 spiro atoms. The molecule has 0 aliphatic rings. The van der Waals surface area contributed by atoms with Crippen molar-refractivity contribution >= 4 is 15.9 Å². The molecule has 0 atom stereocenters. The van der Waals surface area contributed by atoms with Crippen molar-refractivity contribution in [3.63, 3.8) is 0 Å². The van der Waals surface area contributed by atoms with E-state index in [9.17, 15) is 0 Å². The zero-order valence-electron chi connectivity index (χ0n) is 12.1. The third-order valence-corrected chi connectivity index (χ3v) is 3.52. The number of benzene rings is 1. The first-order chi connectivity index (χ1) is 10.2. The van der Waals surface area contributed by atoms with Crippen LogP contribution in [0.3, 0.4) is 0 Å². The van der Waals surface area contributed by atoms with Gasteiger partial charge in [0.2, 0.25) is 5.89 Å². The SMILES string of the molecule is COCCNCc1cc(OCc2nnc(C)o2)ccc1Br. The average molecular weight is 356 g/mol. The molecule has 7 heteroatoms. The van der Waals surface area contributed by atoms with Gasteiger partial charge in [-0.3, -0.25) is 0 Å². The standard InChI is InChI=1S/C14H18BrN3O3/c1-10-17-18-14(21-10)9-20-12-3-4-13(15)11(7-12)8-16-5-6-19-2/h3-4,7,16H,5-6,8-9H2,1-2H3. The highest BCUT2D eigenvalue weighted by molar-refractivity contribution is 9.10. The molecule has 0 fully saturated rings. The van der Waals surface area contributed by atoms with E-state index in [-0.39, 0.29) is 6.61 Å². The second-order valence-corrected chi connectivity index (χ2v) is 5.28. The predicted molar refractivity (Wildman–Crippen MR) is 81.1 cm³/mol. The van der Waals surface area contributed by atoms with Crippen LogP contribution in [0.1, 0.15) is 17.3 Å². The topological polar surface area (TPSA) is 69.4 Å². The van der Waals surface area contributed by atoms with Gasteiger partial charge in [-0.2, -0.15) is 0 Å². The molecule has 0 radical (unpaired) electrons. The van der Waals surface area contributed by atoms with E-state index in [4.69, 9.17) is 13.9 Å². The van der Waals surface area contributed by atoms with Crippen LogP contribution in [0.25, 0.3) is 0 Å². The summed E-state index contributed by atoms with van der Waals surface area (Å²) in [7, 11) is 1.69. The van der Waals surface area contributed by atoms with Crippen LogP contribution in [0.5, 0.6) is 5.75 Å². The number of methoxy groups -OCH3 is 1. The van der Waals surface area contributed by atoms with Crippen LogP contribution in [0.2, 0.25) is 0 Å². The Labute approximate surface area is 132 Å². The zero-order valence-corrected chi connectivity index (χ0v) is 13.6. The summed E-state index contributed by atoms with van der Waals surface area (Å²) in [5.41, 5.74) is 1.12. The maximum atomic E-state index is 5.66. The molecule has 0 aliphatic carbocycles. The highest BCUT2D eigenvalue weighted by Crippen LogP contribution is 2.23. The molecule has 2 aromatic rings. The van der Waals surface area contributed by atoms with E-state index in [1.807, 2.05) is 18.2 Å². The molecule has 114 valence electrons. The summed E-state index contributed by atoms with van der Waals surface area (Å²) >= 11 is 3.53. The van der Waals surface area contributed by atoms with Gasteiger partial charge < -0.3 is 19.2 Å². The summed E-state index contributed by atoms with van der Waals surface area (Å²) < 4.78 is 17.0. The fourth-order valence-corrected chi connectivity index (χ4v) is 2.10. The minimum absolute atomic E-state index is 0.263. The summed E-state index contributed by atoms with van der Waals surface area (Å²) in [6, 6.07) is 5.83. The van der Waals surface area contributed by atoms with Gasteiger partial charge in [0, 0.05) is 31.6 Å². The summed E-state index contributed by atoms with van der Waals surface area (Å²) in [6.45, 7) is 4.24. The average Bonchev–Trinajstić information content (AvgIpc) is 2.89. The fraction of sp³-hybridized carbons (Fsp3) is 0.429. The lowest BCUT2D eigenvalue weighted by Gasteiger charge is -2.09. The Balaban J connectivity index is 1.91. The normalized spacial score (nSPS) is 10.8. The maximum absolute atomic E-state index is 5.66. The van der Waals surface area contributed by atoms with Gasteiger partial charge in [0.1, 0.15) is 5.75 Å². The summed E-state index contributed by atoms with van der Waals surface area (Å²) in [5.74, 6) is 1.76. The van der Waals surface area contributed by atoms with Gasteiger partial charge in [-0.25, -0.2) is 0 Å². The van der Waals surface area contributed by atoms with E-state index < -0.39 is 0 Å². The third-order valence-electron chi connectivity index (χ3n) is 2.75. The number of rotatable bonds is 8. The first-order valence-corrected chi connectivity index (χ1v) is 7.38. The minimum atomic E-state index is 0.263. The molecule has 1 N–H and O–H groups in total. The molecule has 0 saturated carbocycles. The molecule has 21 heavy (non-hydrogen) atoms. The lowest BCUT2D eigenvalue weighted by atomic mass is 10.2. The van der Waals surface area contributed by atoms with Gasteiger partial charge >= 0.3 is 0 Å². The lowest BCUT2D eigenvalue weighted by molar-refractivity contribution is 0.199. The van der Waals surface area contributed by atoms with Crippen molar-refractivity contribution in [2.24, 2.45) is 0 Å². The number of ether oxygens (including phenoxy) is 2. The monoisotopic (exact) mass is 355 g/mol. The summed E-state index contributed by atoms with van der Waals surface area (Å²) in [5, 5.41) is 11.0. The van der Waals surface area contributed by atoms with Crippen LogP contribution in [0.15, 0.2) is 27.1 Å². The molecule has 1 aromatic carbocycles. The second kappa shape index (κ2) is 8.11. The van der Waals surface area contributed by atoms with Crippen molar-refractivity contribution in [1.82, 2.24) is 15.5 Å². The first-order valence-electron chi connectivity index (χ1n) is 6.59. The number of halogens is 1. The van der Waals surface area contributed by atoms with Gasteiger partial charge in [0.15, 0.2) is 6.61 Å². The van der Waals surface area contributed by atoms with E-state index in [1.54, 1.807) is 14.0 Å². The molecule has 0 amide bonds. The van der Waals surface area contributed by atoms with Crippen LogP contribution < -0.4 is 10.1 Å². The van der Waals surface area contributed by atoms with Crippen molar-refractivity contribution in [3.05, 3.63) is 40.0 Å². The molecule has 0 bridgehead atoms. The molecule has 1 aromatic heterocycles. The molecule has 0 unspecified atom stereocenters. The largest absolute Gasteiger partial charge is 0.484 e. The number of aryl methyl sites for hydroxylation is 1. The Kier molecular flexibility index (Phi) is 6.16. The number of nitrogens with one attached hydrogen (secondary N) is 1. The number of aromatic nitrogens is 2. The molecule has 0 aliphatic heterocycles. The van der Waals surface area contributed by atoms with E-state index in [0.29, 0.717) is 18.4 Å². The van der Waals surface area contributed by atoms with Gasteiger partial charge in [-0.1, -0.05) is 15.9 Å². The van der Waals surface area contributed by atoms with Gasteiger partial charge in [-0.15, -0.1) is 10.2 Å². The van der Waals surface area contributed by atoms with Gasteiger partial charge in [0.05, 0.1) is 6.61 Å². The lowest BCUT2D eigenvalue weighted by Crippen LogP contribution is -2.18. The number of nitrogens with zero attached hydrogens (tertiary/aromatic N) is 2. The molecule has 0 saturated heterocycles. The van der Waals surface area contributed by atoms with Crippen molar-refractivity contribution in [3.8, 4) is 5.75 Å². The van der Waals surface area contributed by atoms with Crippen LogP contribution in [-0.2, 0) is 17.9 Å². The second-order valence-electron chi connectivity index (χ2n) is 4.43. The fourth-order valence-electron chi connectivity index (χ4n) is 1.71. The highest BCUT2D eigenvalue weighted by atomic mass is 79.9. The first kappa shape index (κ1) is 15.9. The third kappa shape index (κ3) is 5.11. The van der Waals surface area contributed by atoms with E-state index in [1.165, 1.54) is 0 Å². The van der Waals surface area contributed by atoms with Crippen LogP contribution in [0.4, 0.5) is 0 Å². The zero-order chi connectivity index (χ0) is 15.1. The Morgan fingerprint density at radius 3 is 2.90 bits per heavy atom. The van der Waals surface area contributed by atoms with Crippen molar-refractivity contribution in [2.45, 2.75) is 20.1 Å². The predicted octanol–water partition coefficient (Wildman–Crippen LogP) is 2.46. The summed E-state index contributed by atoms with van der Waals surface area (Å²) in [4.78, 5) is 0. The molecule has 2 rings (SSSR count). The Hall–Kier alpha value is -1.44. The van der Waals surface area contributed by atoms with Gasteiger partial charge in [-0.05, 0) is 23.8 Å². The Bertz CT molecular complexity index is 574. The molecular formula is C14H18BrN3O3. The van der Waals surface area contributed by atoms with Crippen LogP contribution in [-0.4, -0.2) is 30.5 Å². The van der Waals surface area contributed by atoms with Crippen molar-refractivity contribution in [1.29, 1.82) is 0 Å². The maximum Gasteiger partial charge on any atom is 0.253 e. The number of hydrogen-bond acceptors (Lipinski definition) is 6. The van der Waals surface area contributed by atoms with Crippen molar-refractivity contribution in [2.75, 3.05) is 20.3 Å². The molecular weight excluding hydrogens is 338 g/mol. The smallest absolute Gasteiger partial charge is 0.253 e. The van der Waals surface area contributed by atoms with Crippen LogP contribution in [0, 0.1) is 6.92 Å². The van der Waals surface area contributed by atoms with E-state index >= 15 is 0 Å². The summed E-state index contributed by atoms with van der Waals surface area (Å²) in [6.07, 6.45) is 0. The van der Waals surface area contributed by atoms with E-state index in [0.717, 1.165) is 28.9 Å². The Morgan fingerprint density at radius 1 is 1.33 bits per heavy atom. The van der Waals surface area contributed by atoms with Crippen molar-refractivity contribution < 1.29 is 13.9 Å². The Morgan fingerprint density at radius 2 is 2.19 bits per heavy atom. The van der Waals surface area contributed by atoms with Crippen LogP contribution >= 0.6 is 15.9 Å². The van der Waals surface area contributed by atoms with Gasteiger partial charge in [0.25, 0.3) is 5.89 Å². The molecule has 1 heterocycles. The molecule has 6 nitrogen and oxygen atoms in total. The highest BCUT2D eigenvalue weighted by Gasteiger charge is 2.06. The quantitative estimate of drug-likeness (QED) is 0.733. The minimum Gasteiger partial charge on any atom is -0.484 e.